The van der Waals surface area contributed by atoms with Crippen LogP contribution in [0.25, 0.3) is 6.08 Å². The fourth-order valence-corrected chi connectivity index (χ4v) is 3.72. The Bertz CT molecular complexity index is 1030. The molecule has 0 saturated carbocycles. The van der Waals surface area contributed by atoms with Crippen LogP contribution >= 0.6 is 12.2 Å². The van der Waals surface area contributed by atoms with Gasteiger partial charge in [-0.15, -0.1) is 0 Å². The summed E-state index contributed by atoms with van der Waals surface area (Å²) in [7, 11) is 1.57. The predicted molar refractivity (Wildman–Crippen MR) is 124 cm³/mol. The van der Waals surface area contributed by atoms with Crippen LogP contribution in [0.2, 0.25) is 0 Å². The van der Waals surface area contributed by atoms with E-state index in [0.717, 1.165) is 24.3 Å². The smallest absolute Gasteiger partial charge is 0.270 e. The lowest BCUT2D eigenvalue weighted by atomic mass is 10.0. The molecule has 3 rings (SSSR count). The van der Waals surface area contributed by atoms with Crippen molar-refractivity contribution in [2.45, 2.75) is 20.8 Å². The minimum atomic E-state index is -0.523. The van der Waals surface area contributed by atoms with Gasteiger partial charge in [-0.25, -0.2) is 0 Å². The van der Waals surface area contributed by atoms with Gasteiger partial charge in [0.25, 0.3) is 11.8 Å². The molecule has 0 spiro atoms. The molecule has 0 radical (unpaired) electrons. The molecule has 0 aliphatic carbocycles. The van der Waals surface area contributed by atoms with Crippen molar-refractivity contribution in [1.29, 1.82) is 0 Å². The summed E-state index contributed by atoms with van der Waals surface area (Å²) in [6, 6.07) is 13.1. The molecule has 2 aromatic rings. The first kappa shape index (κ1) is 21.5. The number of carbonyl (C=O) groups is 2. The van der Waals surface area contributed by atoms with Gasteiger partial charge >= 0.3 is 0 Å². The van der Waals surface area contributed by atoms with Crippen LogP contribution in [0.1, 0.15) is 25.0 Å². The zero-order valence-electron chi connectivity index (χ0n) is 17.6. The highest BCUT2D eigenvalue weighted by Gasteiger charge is 2.35. The molecular weight excluding hydrogens is 398 g/mol. The maximum absolute atomic E-state index is 13.2. The number of nitrogens with zero attached hydrogens (tertiary/aromatic N) is 2. The van der Waals surface area contributed by atoms with Gasteiger partial charge in [0.05, 0.1) is 12.8 Å². The molecule has 30 heavy (non-hydrogen) atoms. The van der Waals surface area contributed by atoms with Crippen molar-refractivity contribution < 1.29 is 14.3 Å². The first-order valence-electron chi connectivity index (χ1n) is 9.81. The molecule has 1 aliphatic rings. The van der Waals surface area contributed by atoms with E-state index in [1.54, 1.807) is 19.3 Å². The highest BCUT2D eigenvalue weighted by Crippen LogP contribution is 2.30. The zero-order chi connectivity index (χ0) is 21.8. The van der Waals surface area contributed by atoms with Crippen LogP contribution < -0.4 is 19.9 Å². The second-order valence-corrected chi connectivity index (χ2v) is 7.23. The number of hydrogen-bond donors (Lipinski definition) is 1. The normalized spacial score (nSPS) is 15.4. The van der Waals surface area contributed by atoms with Gasteiger partial charge in [-0.2, -0.15) is 0 Å². The van der Waals surface area contributed by atoms with E-state index in [-0.39, 0.29) is 10.7 Å². The van der Waals surface area contributed by atoms with Crippen LogP contribution in [0.5, 0.6) is 5.75 Å². The summed E-state index contributed by atoms with van der Waals surface area (Å²) in [4.78, 5) is 29.4. The number of benzene rings is 2. The van der Waals surface area contributed by atoms with E-state index in [4.69, 9.17) is 17.0 Å². The number of aryl methyl sites for hydroxylation is 1. The van der Waals surface area contributed by atoms with Gasteiger partial charge < -0.3 is 9.64 Å². The summed E-state index contributed by atoms with van der Waals surface area (Å²) in [6.45, 7) is 7.79. The number of hydrogen-bond acceptors (Lipinski definition) is 5. The molecule has 1 heterocycles. The van der Waals surface area contributed by atoms with E-state index >= 15 is 0 Å². The van der Waals surface area contributed by atoms with Gasteiger partial charge in [0.15, 0.2) is 5.11 Å². The topological polar surface area (TPSA) is 61.9 Å². The second kappa shape index (κ2) is 9.09. The molecule has 7 heteroatoms. The maximum Gasteiger partial charge on any atom is 0.270 e. The monoisotopic (exact) mass is 423 g/mol. The van der Waals surface area contributed by atoms with Crippen LogP contribution in [0.4, 0.5) is 11.4 Å². The molecule has 0 unspecified atom stereocenters. The van der Waals surface area contributed by atoms with Crippen LogP contribution in [-0.4, -0.2) is 37.1 Å². The summed E-state index contributed by atoms with van der Waals surface area (Å²) in [6.07, 6.45) is 1.55. The molecule has 1 saturated heterocycles. The Morgan fingerprint density at radius 2 is 1.83 bits per heavy atom. The Morgan fingerprint density at radius 3 is 2.47 bits per heavy atom. The fraction of sp³-hybridized carbons (Fsp3) is 0.261. The SMILES string of the molecule is CCN(CC)c1ccc(C=C2C(=O)NC(=S)N(c3ccccc3C)C2=O)c(OC)c1. The number of amides is 2. The van der Waals surface area contributed by atoms with Gasteiger partial charge in [-0.3, -0.25) is 19.8 Å². The van der Waals surface area contributed by atoms with E-state index in [2.05, 4.69) is 24.1 Å². The van der Waals surface area contributed by atoms with Crippen molar-refractivity contribution in [2.24, 2.45) is 0 Å². The molecular formula is C23H25N3O3S. The largest absolute Gasteiger partial charge is 0.496 e. The van der Waals surface area contributed by atoms with Crippen molar-refractivity contribution in [3.63, 3.8) is 0 Å². The molecule has 2 amide bonds. The number of rotatable bonds is 6. The Hall–Kier alpha value is -3.19. The quantitative estimate of drug-likeness (QED) is 0.436. The lowest BCUT2D eigenvalue weighted by molar-refractivity contribution is -0.122. The van der Waals surface area contributed by atoms with Crippen molar-refractivity contribution in [3.8, 4) is 5.75 Å². The lowest BCUT2D eigenvalue weighted by Crippen LogP contribution is -2.54. The van der Waals surface area contributed by atoms with Crippen LogP contribution in [-0.2, 0) is 9.59 Å². The third kappa shape index (κ3) is 4.07. The number of ether oxygens (including phenoxy) is 1. The molecule has 0 aromatic heterocycles. The summed E-state index contributed by atoms with van der Waals surface area (Å²) >= 11 is 5.28. The van der Waals surface area contributed by atoms with Crippen molar-refractivity contribution in [3.05, 3.63) is 59.2 Å². The fourth-order valence-electron chi connectivity index (χ4n) is 3.45. The zero-order valence-corrected chi connectivity index (χ0v) is 18.4. The number of para-hydroxylation sites is 1. The molecule has 156 valence electrons. The maximum atomic E-state index is 13.2. The van der Waals surface area contributed by atoms with Gasteiger partial charge in [0.2, 0.25) is 0 Å². The Morgan fingerprint density at radius 1 is 1.13 bits per heavy atom. The summed E-state index contributed by atoms with van der Waals surface area (Å²) in [5, 5.41) is 2.69. The molecule has 6 nitrogen and oxygen atoms in total. The van der Waals surface area contributed by atoms with E-state index in [0.29, 0.717) is 17.0 Å². The highest BCUT2D eigenvalue weighted by molar-refractivity contribution is 7.80. The van der Waals surface area contributed by atoms with Crippen molar-refractivity contribution in [2.75, 3.05) is 30.0 Å². The standard InChI is InChI=1S/C23H25N3O3S/c1-5-25(6-2)17-12-11-16(20(14-17)29-4)13-18-21(27)24-23(30)26(22(18)28)19-10-8-7-9-15(19)3/h7-14H,5-6H2,1-4H3,(H,24,27,30). The highest BCUT2D eigenvalue weighted by atomic mass is 32.1. The van der Waals surface area contributed by atoms with Gasteiger partial charge in [-0.1, -0.05) is 18.2 Å². The van der Waals surface area contributed by atoms with E-state index < -0.39 is 11.8 Å². The lowest BCUT2D eigenvalue weighted by Gasteiger charge is -2.30. The summed E-state index contributed by atoms with van der Waals surface area (Å²) in [5.41, 5.74) is 3.18. The third-order valence-corrected chi connectivity index (χ3v) is 5.39. The van der Waals surface area contributed by atoms with E-state index in [1.807, 2.05) is 43.3 Å². The van der Waals surface area contributed by atoms with Crippen LogP contribution in [0, 0.1) is 6.92 Å². The van der Waals surface area contributed by atoms with E-state index in [1.165, 1.54) is 4.90 Å². The molecule has 2 aromatic carbocycles. The van der Waals surface area contributed by atoms with Gasteiger partial charge in [0.1, 0.15) is 11.3 Å². The predicted octanol–water partition coefficient (Wildman–Crippen LogP) is 3.68. The van der Waals surface area contributed by atoms with Gasteiger partial charge in [0, 0.05) is 30.4 Å². The molecule has 1 fully saturated rings. The Labute approximate surface area is 182 Å². The molecule has 1 N–H and O–H groups in total. The number of thiocarbonyl (C=S) groups is 1. The first-order chi connectivity index (χ1) is 14.4. The minimum Gasteiger partial charge on any atom is -0.496 e. The molecule has 1 aliphatic heterocycles. The Balaban J connectivity index is 2.03. The second-order valence-electron chi connectivity index (χ2n) is 6.84. The first-order valence-corrected chi connectivity index (χ1v) is 10.2. The number of anilines is 2. The summed E-state index contributed by atoms with van der Waals surface area (Å²) < 4.78 is 5.54. The number of methoxy groups -OCH3 is 1. The number of carbonyl (C=O) groups excluding carboxylic acids is 2. The molecule has 0 bridgehead atoms. The van der Waals surface area contributed by atoms with Crippen molar-refractivity contribution in [1.82, 2.24) is 5.32 Å². The van der Waals surface area contributed by atoms with Crippen molar-refractivity contribution >= 4 is 46.6 Å². The van der Waals surface area contributed by atoms with Gasteiger partial charge in [-0.05, 0) is 62.8 Å². The third-order valence-electron chi connectivity index (χ3n) is 5.10. The van der Waals surface area contributed by atoms with Crippen LogP contribution in [0.15, 0.2) is 48.0 Å². The summed E-state index contributed by atoms with van der Waals surface area (Å²) in [5.74, 6) is -0.402. The van der Waals surface area contributed by atoms with Crippen LogP contribution in [0.3, 0.4) is 0 Å². The minimum absolute atomic E-state index is 0.000687. The van der Waals surface area contributed by atoms with E-state index in [9.17, 15) is 9.59 Å². The molecule has 0 atom stereocenters. The Kier molecular flexibility index (Phi) is 6.52. The number of nitrogens with one attached hydrogen (secondary N) is 1. The average Bonchev–Trinajstić information content (AvgIpc) is 2.73. The average molecular weight is 424 g/mol.